The van der Waals surface area contributed by atoms with E-state index in [2.05, 4.69) is 5.32 Å². The number of para-hydroxylation sites is 1. The van der Waals surface area contributed by atoms with Gasteiger partial charge in [0.05, 0.1) is 23.7 Å². The van der Waals surface area contributed by atoms with Crippen molar-refractivity contribution in [2.24, 2.45) is 0 Å². The minimum atomic E-state index is -0.248. The standard InChI is InChI=1S/C22H21ClN2O3/c23-16-9-7-15(8-10-16)14-25-20-6-2-1-5-18(20)19(12-21(25)26)22(27)24-13-17-4-3-11-28-17/h1-2,5-10,12,17H,3-4,11,13-14H2,(H,24,27). The Morgan fingerprint density at radius 3 is 2.71 bits per heavy atom. The lowest BCUT2D eigenvalue weighted by molar-refractivity contribution is 0.0859. The van der Waals surface area contributed by atoms with Crippen molar-refractivity contribution in [3.05, 3.63) is 81.1 Å². The molecule has 1 fully saturated rings. The average molecular weight is 397 g/mol. The molecule has 4 rings (SSSR count). The third-order valence-corrected chi connectivity index (χ3v) is 5.28. The number of nitrogens with one attached hydrogen (secondary N) is 1. The van der Waals surface area contributed by atoms with E-state index in [1.807, 2.05) is 36.4 Å². The predicted octanol–water partition coefficient (Wildman–Crippen LogP) is 3.61. The number of halogens is 1. The summed E-state index contributed by atoms with van der Waals surface area (Å²) in [6, 6.07) is 16.3. The molecule has 1 aromatic heterocycles. The van der Waals surface area contributed by atoms with Crippen molar-refractivity contribution >= 4 is 28.4 Å². The van der Waals surface area contributed by atoms with E-state index in [1.54, 1.807) is 16.7 Å². The molecule has 1 N–H and O–H groups in total. The molecule has 1 saturated heterocycles. The summed E-state index contributed by atoms with van der Waals surface area (Å²) in [5, 5.41) is 4.31. The first kappa shape index (κ1) is 18.7. The molecule has 6 heteroatoms. The van der Waals surface area contributed by atoms with E-state index < -0.39 is 0 Å². The van der Waals surface area contributed by atoms with Crippen LogP contribution in [0.4, 0.5) is 0 Å². The first-order valence-corrected chi connectivity index (χ1v) is 9.76. The van der Waals surface area contributed by atoms with Crippen LogP contribution in [0.2, 0.25) is 5.02 Å². The average Bonchev–Trinajstić information content (AvgIpc) is 3.23. The van der Waals surface area contributed by atoms with Crippen molar-refractivity contribution in [1.82, 2.24) is 9.88 Å². The largest absolute Gasteiger partial charge is 0.376 e. The highest BCUT2D eigenvalue weighted by molar-refractivity contribution is 6.30. The maximum Gasteiger partial charge on any atom is 0.252 e. The summed E-state index contributed by atoms with van der Waals surface area (Å²) >= 11 is 5.95. The van der Waals surface area contributed by atoms with Crippen molar-refractivity contribution < 1.29 is 9.53 Å². The van der Waals surface area contributed by atoms with E-state index in [0.717, 1.165) is 35.9 Å². The third-order valence-electron chi connectivity index (χ3n) is 5.03. The quantitative estimate of drug-likeness (QED) is 0.716. The van der Waals surface area contributed by atoms with E-state index in [-0.39, 0.29) is 17.6 Å². The molecule has 0 bridgehead atoms. The molecular weight excluding hydrogens is 376 g/mol. The molecule has 28 heavy (non-hydrogen) atoms. The Labute approximate surface area is 167 Å². The van der Waals surface area contributed by atoms with Gasteiger partial charge in [0.2, 0.25) is 0 Å². The van der Waals surface area contributed by atoms with Gasteiger partial charge in [0.1, 0.15) is 0 Å². The van der Waals surface area contributed by atoms with Crippen molar-refractivity contribution in [1.29, 1.82) is 0 Å². The highest BCUT2D eigenvalue weighted by atomic mass is 35.5. The monoisotopic (exact) mass is 396 g/mol. The fourth-order valence-electron chi connectivity index (χ4n) is 3.57. The molecule has 2 aromatic carbocycles. The summed E-state index contributed by atoms with van der Waals surface area (Å²) in [6.07, 6.45) is 2.02. The minimum absolute atomic E-state index is 0.0560. The fraction of sp³-hybridized carbons (Fsp3) is 0.273. The van der Waals surface area contributed by atoms with Crippen LogP contribution in [0.5, 0.6) is 0 Å². The summed E-state index contributed by atoms with van der Waals surface area (Å²) in [7, 11) is 0. The fourth-order valence-corrected chi connectivity index (χ4v) is 3.69. The summed E-state index contributed by atoms with van der Waals surface area (Å²) in [6.45, 7) is 1.61. The maximum atomic E-state index is 12.8. The second-order valence-electron chi connectivity index (χ2n) is 6.97. The van der Waals surface area contributed by atoms with Gasteiger partial charge in [-0.1, -0.05) is 41.9 Å². The summed E-state index contributed by atoms with van der Waals surface area (Å²) in [5.74, 6) is -0.248. The van der Waals surface area contributed by atoms with E-state index in [0.29, 0.717) is 23.7 Å². The Bertz CT molecular complexity index is 1050. The van der Waals surface area contributed by atoms with Gasteiger partial charge in [-0.2, -0.15) is 0 Å². The van der Waals surface area contributed by atoms with Gasteiger partial charge in [-0.05, 0) is 36.6 Å². The van der Waals surface area contributed by atoms with Gasteiger partial charge < -0.3 is 14.6 Å². The Morgan fingerprint density at radius 2 is 1.96 bits per heavy atom. The number of ether oxygens (including phenoxy) is 1. The first-order valence-electron chi connectivity index (χ1n) is 9.38. The van der Waals surface area contributed by atoms with Gasteiger partial charge in [-0.15, -0.1) is 0 Å². The summed E-state index contributed by atoms with van der Waals surface area (Å²) in [4.78, 5) is 25.6. The Kier molecular flexibility index (Phi) is 5.46. The molecule has 1 atom stereocenters. The van der Waals surface area contributed by atoms with Gasteiger partial charge in [0.25, 0.3) is 11.5 Å². The van der Waals surface area contributed by atoms with Crippen LogP contribution < -0.4 is 10.9 Å². The van der Waals surface area contributed by atoms with E-state index >= 15 is 0 Å². The number of pyridine rings is 1. The number of hydrogen-bond acceptors (Lipinski definition) is 3. The molecule has 1 aliphatic rings. The number of nitrogens with zero attached hydrogens (tertiary/aromatic N) is 1. The molecule has 0 aliphatic carbocycles. The second kappa shape index (κ2) is 8.17. The molecule has 2 heterocycles. The van der Waals surface area contributed by atoms with Crippen molar-refractivity contribution in [2.45, 2.75) is 25.5 Å². The van der Waals surface area contributed by atoms with Crippen molar-refractivity contribution in [3.63, 3.8) is 0 Å². The van der Waals surface area contributed by atoms with Crippen LogP contribution in [0.1, 0.15) is 28.8 Å². The number of benzene rings is 2. The molecule has 0 spiro atoms. The van der Waals surface area contributed by atoms with Gasteiger partial charge in [0, 0.05) is 29.6 Å². The maximum absolute atomic E-state index is 12.8. The van der Waals surface area contributed by atoms with Crippen molar-refractivity contribution in [2.75, 3.05) is 13.2 Å². The number of carbonyl (C=O) groups is 1. The first-order chi connectivity index (χ1) is 13.6. The zero-order chi connectivity index (χ0) is 19.5. The third kappa shape index (κ3) is 3.96. The predicted molar refractivity (Wildman–Crippen MR) is 110 cm³/mol. The van der Waals surface area contributed by atoms with Crippen LogP contribution in [0.15, 0.2) is 59.4 Å². The van der Waals surface area contributed by atoms with E-state index in [9.17, 15) is 9.59 Å². The molecular formula is C22H21ClN2O3. The number of hydrogen-bond donors (Lipinski definition) is 1. The van der Waals surface area contributed by atoms with Crippen molar-refractivity contribution in [3.8, 4) is 0 Å². The number of fused-ring (bicyclic) bond motifs is 1. The lowest BCUT2D eigenvalue weighted by Gasteiger charge is -2.15. The van der Waals surface area contributed by atoms with Gasteiger partial charge in [-0.25, -0.2) is 0 Å². The molecule has 5 nitrogen and oxygen atoms in total. The normalized spacial score (nSPS) is 16.4. The topological polar surface area (TPSA) is 60.3 Å². The Hall–Kier alpha value is -2.63. The molecule has 3 aromatic rings. The summed E-state index contributed by atoms with van der Waals surface area (Å²) in [5.41, 5.74) is 1.88. The van der Waals surface area contributed by atoms with Crippen LogP contribution in [0, 0.1) is 0 Å². The Balaban J connectivity index is 1.66. The van der Waals surface area contributed by atoms with E-state index in [4.69, 9.17) is 16.3 Å². The lowest BCUT2D eigenvalue weighted by Crippen LogP contribution is -2.33. The number of rotatable bonds is 5. The lowest BCUT2D eigenvalue weighted by atomic mass is 10.1. The highest BCUT2D eigenvalue weighted by Crippen LogP contribution is 2.19. The van der Waals surface area contributed by atoms with Crippen LogP contribution in [-0.4, -0.2) is 29.7 Å². The van der Waals surface area contributed by atoms with Crippen LogP contribution in [-0.2, 0) is 11.3 Å². The second-order valence-corrected chi connectivity index (χ2v) is 7.41. The van der Waals surface area contributed by atoms with Gasteiger partial charge in [-0.3, -0.25) is 9.59 Å². The molecule has 1 amide bonds. The molecule has 144 valence electrons. The van der Waals surface area contributed by atoms with Gasteiger partial charge >= 0.3 is 0 Å². The minimum Gasteiger partial charge on any atom is -0.376 e. The molecule has 1 unspecified atom stereocenters. The van der Waals surface area contributed by atoms with Crippen LogP contribution in [0.25, 0.3) is 10.9 Å². The zero-order valence-electron chi connectivity index (χ0n) is 15.4. The Morgan fingerprint density at radius 1 is 1.18 bits per heavy atom. The number of amides is 1. The zero-order valence-corrected chi connectivity index (χ0v) is 16.1. The molecule has 0 radical (unpaired) electrons. The smallest absolute Gasteiger partial charge is 0.252 e. The van der Waals surface area contributed by atoms with Gasteiger partial charge in [0.15, 0.2) is 0 Å². The number of carbonyl (C=O) groups excluding carboxylic acids is 1. The molecule has 1 aliphatic heterocycles. The highest BCUT2D eigenvalue weighted by Gasteiger charge is 2.19. The summed E-state index contributed by atoms with van der Waals surface area (Å²) < 4.78 is 7.23. The number of aromatic nitrogens is 1. The molecule has 0 saturated carbocycles. The SMILES string of the molecule is O=C(NCC1CCCO1)c1cc(=O)n(Cc2ccc(Cl)cc2)c2ccccc12. The van der Waals surface area contributed by atoms with Crippen LogP contribution in [0.3, 0.4) is 0 Å². The van der Waals surface area contributed by atoms with Crippen LogP contribution >= 0.6 is 11.6 Å². The van der Waals surface area contributed by atoms with E-state index in [1.165, 1.54) is 6.07 Å².